The van der Waals surface area contributed by atoms with Crippen LogP contribution in [0, 0.1) is 0 Å². The Morgan fingerprint density at radius 2 is 2.29 bits per heavy atom. The average Bonchev–Trinajstić information content (AvgIpc) is 2.89. The van der Waals surface area contributed by atoms with Crippen molar-refractivity contribution in [2.45, 2.75) is 31.5 Å². The Kier molecular flexibility index (Phi) is 2.42. The fraction of sp³-hybridized carbons (Fsp3) is 0.545. The summed E-state index contributed by atoms with van der Waals surface area (Å²) in [5.74, 6) is 0.678. The van der Waals surface area contributed by atoms with Crippen LogP contribution in [-0.2, 0) is 7.05 Å². The van der Waals surface area contributed by atoms with Crippen LogP contribution < -0.4 is 5.32 Å². The first-order valence-corrected chi connectivity index (χ1v) is 5.79. The first-order chi connectivity index (χ1) is 8.25. The van der Waals surface area contributed by atoms with Gasteiger partial charge in [0.1, 0.15) is 18.3 Å². The first-order valence-electron chi connectivity index (χ1n) is 5.79. The van der Waals surface area contributed by atoms with Crippen LogP contribution in [0.3, 0.4) is 0 Å². The number of halogens is 1. The highest BCUT2D eigenvalue weighted by atomic mass is 19.1. The highest BCUT2D eigenvalue weighted by molar-refractivity contribution is 5.86. The zero-order chi connectivity index (χ0) is 11.8. The highest BCUT2D eigenvalue weighted by Gasteiger charge is 2.27. The molecule has 90 valence electrons. The number of nitrogens with one attached hydrogen (secondary N) is 1. The molecule has 0 aromatic carbocycles. The Hall–Kier alpha value is -1.72. The third-order valence-corrected chi connectivity index (χ3v) is 3.28. The molecule has 0 aliphatic heterocycles. The SMILES string of the molecule is Cn1ncc2c(NC3CCCC3F)ncnc21. The van der Waals surface area contributed by atoms with E-state index >= 15 is 0 Å². The van der Waals surface area contributed by atoms with Crippen molar-refractivity contribution in [3.8, 4) is 0 Å². The third-order valence-electron chi connectivity index (χ3n) is 3.28. The smallest absolute Gasteiger partial charge is 0.163 e. The second kappa shape index (κ2) is 3.94. The number of aryl methyl sites for hydroxylation is 1. The zero-order valence-corrected chi connectivity index (χ0v) is 9.60. The third kappa shape index (κ3) is 1.73. The van der Waals surface area contributed by atoms with Crippen molar-refractivity contribution in [1.82, 2.24) is 19.7 Å². The zero-order valence-electron chi connectivity index (χ0n) is 9.60. The maximum Gasteiger partial charge on any atom is 0.163 e. The van der Waals surface area contributed by atoms with Crippen LogP contribution in [0.4, 0.5) is 10.2 Å². The Labute approximate surface area is 98.1 Å². The summed E-state index contributed by atoms with van der Waals surface area (Å²) in [7, 11) is 1.83. The number of nitrogens with zero attached hydrogens (tertiary/aromatic N) is 4. The van der Waals surface area contributed by atoms with Crippen LogP contribution in [0.1, 0.15) is 19.3 Å². The van der Waals surface area contributed by atoms with Gasteiger partial charge in [-0.1, -0.05) is 0 Å². The lowest BCUT2D eigenvalue weighted by molar-refractivity contribution is 0.323. The van der Waals surface area contributed by atoms with Gasteiger partial charge in [0.05, 0.1) is 17.6 Å². The number of fused-ring (bicyclic) bond motifs is 1. The topological polar surface area (TPSA) is 55.6 Å². The van der Waals surface area contributed by atoms with Crippen LogP contribution in [0.5, 0.6) is 0 Å². The quantitative estimate of drug-likeness (QED) is 0.860. The summed E-state index contributed by atoms with van der Waals surface area (Å²) in [5, 5.41) is 8.14. The number of alkyl halides is 1. The molecule has 1 fully saturated rings. The molecular weight excluding hydrogens is 221 g/mol. The molecule has 2 atom stereocenters. The van der Waals surface area contributed by atoms with E-state index in [1.807, 2.05) is 7.05 Å². The van der Waals surface area contributed by atoms with Crippen LogP contribution in [0.15, 0.2) is 12.5 Å². The van der Waals surface area contributed by atoms with Gasteiger partial charge >= 0.3 is 0 Å². The summed E-state index contributed by atoms with van der Waals surface area (Å²) in [6.07, 6.45) is 4.83. The minimum Gasteiger partial charge on any atom is -0.364 e. The molecule has 6 heteroatoms. The van der Waals surface area contributed by atoms with Gasteiger partial charge in [0.25, 0.3) is 0 Å². The first kappa shape index (κ1) is 10.4. The molecule has 2 aromatic rings. The minimum atomic E-state index is -0.781. The fourth-order valence-electron chi connectivity index (χ4n) is 2.33. The van der Waals surface area contributed by atoms with Crippen molar-refractivity contribution in [3.05, 3.63) is 12.5 Å². The molecule has 0 saturated heterocycles. The molecule has 0 amide bonds. The van der Waals surface area contributed by atoms with Crippen LogP contribution in [-0.4, -0.2) is 32.0 Å². The van der Waals surface area contributed by atoms with Crippen molar-refractivity contribution in [1.29, 1.82) is 0 Å². The van der Waals surface area contributed by atoms with Gasteiger partial charge in [-0.05, 0) is 19.3 Å². The molecule has 2 unspecified atom stereocenters. The van der Waals surface area contributed by atoms with E-state index in [9.17, 15) is 4.39 Å². The van der Waals surface area contributed by atoms with E-state index < -0.39 is 6.17 Å². The summed E-state index contributed by atoms with van der Waals surface area (Å²) < 4.78 is 15.2. The molecule has 1 aliphatic rings. The fourth-order valence-corrected chi connectivity index (χ4v) is 2.33. The van der Waals surface area contributed by atoms with Crippen molar-refractivity contribution in [2.75, 3.05) is 5.32 Å². The van der Waals surface area contributed by atoms with E-state index in [1.165, 1.54) is 6.33 Å². The Bertz CT molecular complexity index is 538. The van der Waals surface area contributed by atoms with Crippen molar-refractivity contribution in [3.63, 3.8) is 0 Å². The van der Waals surface area contributed by atoms with Crippen LogP contribution in [0.2, 0.25) is 0 Å². The van der Waals surface area contributed by atoms with Gasteiger partial charge in [0, 0.05) is 7.05 Å². The van der Waals surface area contributed by atoms with Gasteiger partial charge in [0.2, 0.25) is 0 Å². The molecule has 1 aliphatic carbocycles. The normalized spacial score (nSPS) is 24.4. The molecule has 2 aromatic heterocycles. The molecular formula is C11H14FN5. The second-order valence-corrected chi connectivity index (χ2v) is 4.43. The molecule has 0 bridgehead atoms. The van der Waals surface area contributed by atoms with E-state index in [0.29, 0.717) is 12.2 Å². The van der Waals surface area contributed by atoms with E-state index in [2.05, 4.69) is 20.4 Å². The Morgan fingerprint density at radius 1 is 1.41 bits per heavy atom. The minimum absolute atomic E-state index is 0.131. The molecule has 3 rings (SSSR count). The van der Waals surface area contributed by atoms with E-state index in [-0.39, 0.29) is 6.04 Å². The van der Waals surface area contributed by atoms with Gasteiger partial charge in [-0.25, -0.2) is 14.4 Å². The standard InChI is InChI=1S/C11H14FN5/c1-17-11-7(5-15-17)10(13-6-14-11)16-9-4-2-3-8(9)12/h5-6,8-9H,2-4H2,1H3,(H,13,14,16). The van der Waals surface area contributed by atoms with E-state index in [0.717, 1.165) is 23.9 Å². The van der Waals surface area contributed by atoms with Gasteiger partial charge in [0.15, 0.2) is 5.65 Å². The monoisotopic (exact) mass is 235 g/mol. The molecule has 1 N–H and O–H groups in total. The van der Waals surface area contributed by atoms with Crippen LogP contribution >= 0.6 is 0 Å². The summed E-state index contributed by atoms with van der Waals surface area (Å²) in [4.78, 5) is 8.33. The van der Waals surface area contributed by atoms with Gasteiger partial charge in [-0.15, -0.1) is 0 Å². The van der Waals surface area contributed by atoms with Crippen molar-refractivity contribution < 1.29 is 4.39 Å². The second-order valence-electron chi connectivity index (χ2n) is 4.43. The van der Waals surface area contributed by atoms with Crippen molar-refractivity contribution >= 4 is 16.9 Å². The lowest BCUT2D eigenvalue weighted by atomic mass is 10.2. The molecule has 0 spiro atoms. The Balaban J connectivity index is 1.94. The summed E-state index contributed by atoms with van der Waals surface area (Å²) in [6, 6.07) is -0.131. The maximum absolute atomic E-state index is 13.6. The number of anilines is 1. The molecule has 5 nitrogen and oxygen atoms in total. The summed E-state index contributed by atoms with van der Waals surface area (Å²) >= 11 is 0. The van der Waals surface area contributed by atoms with Crippen LogP contribution in [0.25, 0.3) is 11.0 Å². The van der Waals surface area contributed by atoms with E-state index in [1.54, 1.807) is 10.9 Å². The molecule has 1 saturated carbocycles. The van der Waals surface area contributed by atoms with Gasteiger partial charge in [-0.2, -0.15) is 5.10 Å². The lowest BCUT2D eigenvalue weighted by Gasteiger charge is -2.15. The number of hydrogen-bond donors (Lipinski definition) is 1. The molecule has 0 radical (unpaired) electrons. The number of aromatic nitrogens is 4. The molecule has 17 heavy (non-hydrogen) atoms. The highest BCUT2D eigenvalue weighted by Crippen LogP contribution is 2.27. The predicted octanol–water partition coefficient (Wildman–Crippen LogP) is 1.67. The van der Waals surface area contributed by atoms with E-state index in [4.69, 9.17) is 0 Å². The molecule has 2 heterocycles. The van der Waals surface area contributed by atoms with Crippen molar-refractivity contribution in [2.24, 2.45) is 7.05 Å². The lowest BCUT2D eigenvalue weighted by Crippen LogP contribution is -2.25. The average molecular weight is 235 g/mol. The van der Waals surface area contributed by atoms with Gasteiger partial charge < -0.3 is 5.32 Å². The largest absolute Gasteiger partial charge is 0.364 e. The Morgan fingerprint density at radius 3 is 3.06 bits per heavy atom. The summed E-state index contributed by atoms with van der Waals surface area (Å²) in [6.45, 7) is 0. The maximum atomic E-state index is 13.6. The predicted molar refractivity (Wildman–Crippen MR) is 62.5 cm³/mol. The van der Waals surface area contributed by atoms with Gasteiger partial charge in [-0.3, -0.25) is 4.68 Å². The number of hydrogen-bond acceptors (Lipinski definition) is 4. The summed E-state index contributed by atoms with van der Waals surface area (Å²) in [5.41, 5.74) is 0.760. The number of rotatable bonds is 2.